The molecule has 73 valence electrons. The molecule has 2 nitrogen and oxygen atoms in total. The zero-order valence-electron chi connectivity index (χ0n) is 8.22. The van der Waals surface area contributed by atoms with Gasteiger partial charge in [-0.2, -0.15) is 5.41 Å². The topological polar surface area (TPSA) is 34.3 Å². The van der Waals surface area contributed by atoms with Gasteiger partial charge in [-0.15, -0.1) is 0 Å². The van der Waals surface area contributed by atoms with Gasteiger partial charge in [0, 0.05) is 16.9 Å². The van der Waals surface area contributed by atoms with E-state index in [0.29, 0.717) is 0 Å². The molecule has 1 N–H and O–H groups in total. The van der Waals surface area contributed by atoms with E-state index in [9.17, 15) is 0 Å². The lowest BCUT2D eigenvalue weighted by atomic mass is 10.2. The average Bonchev–Trinajstić information content (AvgIpc) is 2.31. The maximum absolute atomic E-state index is 9.03. The van der Waals surface area contributed by atoms with E-state index in [1.165, 1.54) is 0 Å². The van der Waals surface area contributed by atoms with E-state index >= 15 is 0 Å². The Hall–Kier alpha value is -2.09. The predicted octanol–water partition coefficient (Wildman–Crippen LogP) is 2.65. The third-order valence-corrected chi connectivity index (χ3v) is 2.15. The van der Waals surface area contributed by atoms with E-state index in [1.54, 1.807) is 0 Å². The van der Waals surface area contributed by atoms with E-state index in [2.05, 4.69) is 5.32 Å². The molecule has 0 heterocycles. The van der Waals surface area contributed by atoms with Crippen molar-refractivity contribution in [1.82, 2.24) is 5.41 Å². The summed E-state index contributed by atoms with van der Waals surface area (Å²) in [6, 6.07) is 17.5. The summed E-state index contributed by atoms with van der Waals surface area (Å²) in [6.07, 6.45) is 1.10. The SMILES string of the molecule is [N]=Cc1ccccc1Nc1ccccc1. The van der Waals surface area contributed by atoms with Crippen LogP contribution in [0.1, 0.15) is 5.56 Å². The summed E-state index contributed by atoms with van der Waals surface area (Å²) in [5.41, 5.74) is 2.68. The zero-order chi connectivity index (χ0) is 10.5. The van der Waals surface area contributed by atoms with Crippen molar-refractivity contribution in [2.45, 2.75) is 0 Å². The second-order valence-corrected chi connectivity index (χ2v) is 3.21. The molecule has 1 radical (unpaired) electrons. The van der Waals surface area contributed by atoms with Crippen LogP contribution in [0.5, 0.6) is 0 Å². The molecule has 2 heteroatoms. The molecule has 0 aliphatic rings. The Morgan fingerprint density at radius 2 is 1.53 bits per heavy atom. The first-order chi connectivity index (χ1) is 7.40. The maximum Gasteiger partial charge on any atom is 0.0588 e. The Kier molecular flexibility index (Phi) is 2.79. The van der Waals surface area contributed by atoms with E-state index in [4.69, 9.17) is 5.41 Å². The fraction of sp³-hybridized carbons (Fsp3) is 0. The van der Waals surface area contributed by atoms with Gasteiger partial charge < -0.3 is 5.32 Å². The molecule has 0 aliphatic heterocycles. The maximum atomic E-state index is 9.03. The molecule has 15 heavy (non-hydrogen) atoms. The molecule has 0 spiro atoms. The quantitative estimate of drug-likeness (QED) is 0.750. The van der Waals surface area contributed by atoms with Gasteiger partial charge in [0.15, 0.2) is 0 Å². The first-order valence-corrected chi connectivity index (χ1v) is 4.78. The second kappa shape index (κ2) is 4.42. The normalized spacial score (nSPS) is 9.60. The second-order valence-electron chi connectivity index (χ2n) is 3.21. The minimum absolute atomic E-state index is 0.779. The molecule has 0 aromatic heterocycles. The van der Waals surface area contributed by atoms with Gasteiger partial charge in [-0.05, 0) is 18.2 Å². The van der Waals surface area contributed by atoms with Crippen molar-refractivity contribution < 1.29 is 0 Å². The summed E-state index contributed by atoms with van der Waals surface area (Å²) in [7, 11) is 0. The van der Waals surface area contributed by atoms with Gasteiger partial charge in [-0.1, -0.05) is 36.4 Å². The number of rotatable bonds is 3. The minimum Gasteiger partial charge on any atom is -0.355 e. The summed E-state index contributed by atoms with van der Waals surface area (Å²) in [6.45, 7) is 0. The Balaban J connectivity index is 2.28. The highest BCUT2D eigenvalue weighted by molar-refractivity contribution is 5.87. The standard InChI is InChI=1S/C13H11N2/c14-10-11-6-4-5-9-13(11)15-12-7-2-1-3-8-12/h1-10,15H. The van der Waals surface area contributed by atoms with Gasteiger partial charge in [0.1, 0.15) is 0 Å². The van der Waals surface area contributed by atoms with Gasteiger partial charge in [0.2, 0.25) is 0 Å². The Labute approximate surface area is 89.1 Å². The molecule has 0 aliphatic carbocycles. The summed E-state index contributed by atoms with van der Waals surface area (Å²) in [5, 5.41) is 12.3. The van der Waals surface area contributed by atoms with Crippen molar-refractivity contribution in [2.75, 3.05) is 5.32 Å². The molecule has 0 amide bonds. The largest absolute Gasteiger partial charge is 0.355 e. The van der Waals surface area contributed by atoms with Gasteiger partial charge in [-0.3, -0.25) is 0 Å². The summed E-state index contributed by atoms with van der Waals surface area (Å²) < 4.78 is 0. The van der Waals surface area contributed by atoms with Gasteiger partial charge >= 0.3 is 0 Å². The lowest BCUT2D eigenvalue weighted by Gasteiger charge is -2.08. The van der Waals surface area contributed by atoms with Crippen molar-refractivity contribution >= 4 is 17.6 Å². The molecule has 0 atom stereocenters. The number of para-hydroxylation sites is 2. The molecule has 2 aromatic rings. The first-order valence-electron chi connectivity index (χ1n) is 4.78. The zero-order valence-corrected chi connectivity index (χ0v) is 8.22. The molecule has 2 rings (SSSR count). The van der Waals surface area contributed by atoms with Crippen molar-refractivity contribution in [2.24, 2.45) is 0 Å². The highest BCUT2D eigenvalue weighted by atomic mass is 14.9. The Bertz CT molecular complexity index is 449. The minimum atomic E-state index is 0.779. The fourth-order valence-corrected chi connectivity index (χ4v) is 1.40. The lowest BCUT2D eigenvalue weighted by Crippen LogP contribution is -1.94. The van der Waals surface area contributed by atoms with Crippen LogP contribution in [0.4, 0.5) is 11.4 Å². The van der Waals surface area contributed by atoms with Gasteiger partial charge in [0.25, 0.3) is 0 Å². The van der Waals surface area contributed by atoms with Crippen LogP contribution in [0.2, 0.25) is 0 Å². The van der Waals surface area contributed by atoms with E-state index in [0.717, 1.165) is 23.2 Å². The molecule has 0 bridgehead atoms. The van der Waals surface area contributed by atoms with Gasteiger partial charge in [-0.25, -0.2) is 0 Å². The molecular weight excluding hydrogens is 184 g/mol. The van der Waals surface area contributed by atoms with E-state index in [-0.39, 0.29) is 0 Å². The third-order valence-electron chi connectivity index (χ3n) is 2.15. The fourth-order valence-electron chi connectivity index (χ4n) is 1.40. The molecule has 2 aromatic carbocycles. The Morgan fingerprint density at radius 3 is 2.27 bits per heavy atom. The van der Waals surface area contributed by atoms with Crippen LogP contribution in [-0.2, 0) is 0 Å². The average molecular weight is 195 g/mol. The van der Waals surface area contributed by atoms with Crippen molar-refractivity contribution in [1.29, 1.82) is 0 Å². The number of nitrogens with zero attached hydrogens (tertiary/aromatic N) is 1. The van der Waals surface area contributed by atoms with Crippen LogP contribution in [0.15, 0.2) is 54.6 Å². The van der Waals surface area contributed by atoms with Crippen LogP contribution in [-0.4, -0.2) is 6.21 Å². The first kappa shape index (κ1) is 9.46. The molecular formula is C13H11N2. The molecule has 0 saturated carbocycles. The smallest absolute Gasteiger partial charge is 0.0588 e. The van der Waals surface area contributed by atoms with Crippen molar-refractivity contribution in [3.05, 3.63) is 60.2 Å². The van der Waals surface area contributed by atoms with Crippen LogP contribution < -0.4 is 10.7 Å². The number of benzene rings is 2. The van der Waals surface area contributed by atoms with Crippen molar-refractivity contribution in [3.63, 3.8) is 0 Å². The Morgan fingerprint density at radius 1 is 0.867 bits per heavy atom. The number of nitrogens with one attached hydrogen (secondary N) is 1. The van der Waals surface area contributed by atoms with Crippen LogP contribution in [0, 0.1) is 0 Å². The summed E-state index contributed by atoms with van der Waals surface area (Å²) in [4.78, 5) is 0. The van der Waals surface area contributed by atoms with Crippen LogP contribution in [0.3, 0.4) is 0 Å². The molecule has 0 unspecified atom stereocenters. The predicted molar refractivity (Wildman–Crippen MR) is 63.5 cm³/mol. The number of hydrogen-bond acceptors (Lipinski definition) is 1. The van der Waals surface area contributed by atoms with Crippen LogP contribution in [0.25, 0.3) is 0 Å². The van der Waals surface area contributed by atoms with Gasteiger partial charge in [0.05, 0.1) is 6.21 Å². The van der Waals surface area contributed by atoms with Crippen LogP contribution >= 0.6 is 0 Å². The number of hydrogen-bond donors (Lipinski definition) is 1. The van der Waals surface area contributed by atoms with Crippen molar-refractivity contribution in [3.8, 4) is 0 Å². The van der Waals surface area contributed by atoms with E-state index < -0.39 is 0 Å². The summed E-state index contributed by atoms with van der Waals surface area (Å²) >= 11 is 0. The highest BCUT2D eigenvalue weighted by Gasteiger charge is 1.98. The molecule has 0 fully saturated rings. The monoisotopic (exact) mass is 195 g/mol. The highest BCUT2D eigenvalue weighted by Crippen LogP contribution is 2.18. The van der Waals surface area contributed by atoms with E-state index in [1.807, 2.05) is 54.6 Å². The number of anilines is 2. The summed E-state index contributed by atoms with van der Waals surface area (Å²) in [5.74, 6) is 0. The third kappa shape index (κ3) is 2.23. The molecule has 0 saturated heterocycles. The lowest BCUT2D eigenvalue weighted by molar-refractivity contribution is 1.53.